The quantitative estimate of drug-likeness (QED) is 0.175. The Balaban J connectivity index is 0.00000512. The number of benzene rings is 2. The van der Waals surface area contributed by atoms with Crippen LogP contribution in [0.3, 0.4) is 0 Å². The van der Waals surface area contributed by atoms with E-state index in [0.29, 0.717) is 18.9 Å². The number of nitrogens with one attached hydrogen (secondary N) is 2. The van der Waals surface area contributed by atoms with Crippen LogP contribution < -0.4 is 10.6 Å². The van der Waals surface area contributed by atoms with E-state index >= 15 is 0 Å². The van der Waals surface area contributed by atoms with Crippen molar-refractivity contribution >= 4 is 39.8 Å². The van der Waals surface area contributed by atoms with Gasteiger partial charge in [0.25, 0.3) is 0 Å². The van der Waals surface area contributed by atoms with Gasteiger partial charge in [0.2, 0.25) is 0 Å². The van der Waals surface area contributed by atoms with E-state index in [1.165, 1.54) is 5.56 Å². The molecule has 1 atom stereocenters. The minimum atomic E-state index is -3.13. The van der Waals surface area contributed by atoms with Gasteiger partial charge in [-0.2, -0.15) is 0 Å². The van der Waals surface area contributed by atoms with Gasteiger partial charge in [-0.15, -0.1) is 24.0 Å². The molecule has 0 aliphatic heterocycles. The highest BCUT2D eigenvalue weighted by Gasteiger charge is 2.18. The summed E-state index contributed by atoms with van der Waals surface area (Å²) in [4.78, 5) is 6.70. The van der Waals surface area contributed by atoms with E-state index in [9.17, 15) is 8.42 Å². The minimum Gasteiger partial charge on any atom is -0.356 e. The summed E-state index contributed by atoms with van der Waals surface area (Å²) in [5, 5.41) is 6.65. The molecule has 2 rings (SSSR count). The zero-order valence-corrected chi connectivity index (χ0v) is 22.5. The van der Waals surface area contributed by atoms with Crippen molar-refractivity contribution in [3.05, 3.63) is 71.8 Å². The molecule has 0 heterocycles. The molecule has 178 valence electrons. The smallest absolute Gasteiger partial charge is 0.191 e. The number of hydrogen-bond acceptors (Lipinski definition) is 4. The summed E-state index contributed by atoms with van der Waals surface area (Å²) in [7, 11) is -1.39. The summed E-state index contributed by atoms with van der Waals surface area (Å²) in [6, 6.07) is 20.0. The Labute approximate surface area is 210 Å². The van der Waals surface area contributed by atoms with Gasteiger partial charge < -0.3 is 10.6 Å². The van der Waals surface area contributed by atoms with Crippen molar-refractivity contribution in [3.8, 4) is 0 Å². The zero-order valence-electron chi connectivity index (χ0n) is 19.3. The molecule has 0 aliphatic rings. The summed E-state index contributed by atoms with van der Waals surface area (Å²) in [6.07, 6.45) is 0.536. The standard InChI is InChI=1S/C24H36N4O2S.HI/c1-4-28(5-2)23(22-15-10-7-11-16-22)19-27-24(25-3)26-17-12-18-31(29,30)20-21-13-8-6-9-14-21;/h6-11,13-16,23H,4-5,12,17-20H2,1-3H3,(H2,25,26,27);1H. The van der Waals surface area contributed by atoms with Crippen molar-refractivity contribution in [1.29, 1.82) is 0 Å². The molecule has 0 bridgehead atoms. The Hall–Kier alpha value is -1.65. The largest absolute Gasteiger partial charge is 0.356 e. The van der Waals surface area contributed by atoms with E-state index in [0.717, 1.165) is 25.2 Å². The molecule has 0 saturated heterocycles. The summed E-state index contributed by atoms with van der Waals surface area (Å²) in [6.45, 7) is 7.53. The molecule has 1 unspecified atom stereocenters. The van der Waals surface area contributed by atoms with Crippen LogP contribution >= 0.6 is 24.0 Å². The molecule has 2 aromatic rings. The summed E-state index contributed by atoms with van der Waals surface area (Å²) in [5.41, 5.74) is 2.09. The molecular weight excluding hydrogens is 535 g/mol. The topological polar surface area (TPSA) is 73.8 Å². The number of rotatable bonds is 12. The van der Waals surface area contributed by atoms with Crippen LogP contribution in [0.15, 0.2) is 65.7 Å². The first-order chi connectivity index (χ1) is 15.0. The highest BCUT2D eigenvalue weighted by molar-refractivity contribution is 14.0. The number of halogens is 1. The van der Waals surface area contributed by atoms with Crippen LogP contribution in [0.25, 0.3) is 0 Å². The third-order valence-electron chi connectivity index (χ3n) is 5.28. The Kier molecular flexibility index (Phi) is 13.5. The molecular formula is C24H37IN4O2S. The molecule has 0 radical (unpaired) electrons. The van der Waals surface area contributed by atoms with E-state index in [1.807, 2.05) is 36.4 Å². The molecule has 2 aromatic carbocycles. The van der Waals surface area contributed by atoms with Gasteiger partial charge in [0.05, 0.1) is 17.5 Å². The highest BCUT2D eigenvalue weighted by atomic mass is 127. The average Bonchev–Trinajstić information content (AvgIpc) is 2.78. The van der Waals surface area contributed by atoms with Crippen molar-refractivity contribution in [1.82, 2.24) is 15.5 Å². The second-order valence-electron chi connectivity index (χ2n) is 7.46. The van der Waals surface area contributed by atoms with E-state index in [2.05, 4.69) is 58.6 Å². The van der Waals surface area contributed by atoms with E-state index in [-0.39, 0.29) is 41.5 Å². The van der Waals surface area contributed by atoms with Crippen molar-refractivity contribution in [3.63, 3.8) is 0 Å². The maximum absolute atomic E-state index is 12.3. The number of aliphatic imine (C=N–C) groups is 1. The normalized spacial score (nSPS) is 12.8. The van der Waals surface area contributed by atoms with E-state index < -0.39 is 9.84 Å². The van der Waals surface area contributed by atoms with Crippen molar-refractivity contribution in [2.24, 2.45) is 4.99 Å². The molecule has 0 spiro atoms. The summed E-state index contributed by atoms with van der Waals surface area (Å²) in [5.74, 6) is 0.926. The lowest BCUT2D eigenvalue weighted by molar-refractivity contribution is 0.219. The van der Waals surface area contributed by atoms with Crippen LogP contribution in [0.1, 0.15) is 37.4 Å². The van der Waals surface area contributed by atoms with Crippen LogP contribution in [-0.2, 0) is 15.6 Å². The second kappa shape index (κ2) is 15.2. The average molecular weight is 573 g/mol. The van der Waals surface area contributed by atoms with Crippen molar-refractivity contribution in [2.45, 2.75) is 32.1 Å². The Morgan fingerprint density at radius 3 is 2.12 bits per heavy atom. The van der Waals surface area contributed by atoms with Gasteiger partial charge in [0.15, 0.2) is 15.8 Å². The molecule has 2 N–H and O–H groups in total. The molecule has 32 heavy (non-hydrogen) atoms. The third kappa shape index (κ3) is 9.87. The molecule has 6 nitrogen and oxygen atoms in total. The Morgan fingerprint density at radius 2 is 1.56 bits per heavy atom. The van der Waals surface area contributed by atoms with Crippen LogP contribution in [0.2, 0.25) is 0 Å². The number of hydrogen-bond donors (Lipinski definition) is 2. The van der Waals surface area contributed by atoms with Gasteiger partial charge in [0, 0.05) is 20.1 Å². The van der Waals surface area contributed by atoms with E-state index in [1.54, 1.807) is 7.05 Å². The number of nitrogens with zero attached hydrogens (tertiary/aromatic N) is 2. The Bertz CT molecular complexity index is 889. The lowest BCUT2D eigenvalue weighted by atomic mass is 10.1. The van der Waals surface area contributed by atoms with Crippen LogP contribution in [0, 0.1) is 0 Å². The lowest BCUT2D eigenvalue weighted by Crippen LogP contribution is -2.43. The van der Waals surface area contributed by atoms with Gasteiger partial charge in [-0.05, 0) is 30.6 Å². The van der Waals surface area contributed by atoms with Gasteiger partial charge in [-0.1, -0.05) is 74.5 Å². The predicted molar refractivity (Wildman–Crippen MR) is 145 cm³/mol. The lowest BCUT2D eigenvalue weighted by Gasteiger charge is -2.30. The van der Waals surface area contributed by atoms with Gasteiger partial charge in [0.1, 0.15) is 0 Å². The first-order valence-electron chi connectivity index (χ1n) is 11.0. The third-order valence-corrected chi connectivity index (χ3v) is 6.96. The number of guanidine groups is 1. The fourth-order valence-electron chi connectivity index (χ4n) is 3.61. The second-order valence-corrected chi connectivity index (χ2v) is 9.64. The van der Waals surface area contributed by atoms with Crippen molar-refractivity contribution in [2.75, 3.05) is 39.0 Å². The van der Waals surface area contributed by atoms with Crippen molar-refractivity contribution < 1.29 is 8.42 Å². The SMILES string of the molecule is CCN(CC)C(CNC(=NC)NCCCS(=O)(=O)Cc1ccccc1)c1ccccc1.I. The minimum absolute atomic E-state index is 0. The summed E-state index contributed by atoms with van der Waals surface area (Å²) >= 11 is 0. The first-order valence-corrected chi connectivity index (χ1v) is 12.8. The van der Waals surface area contributed by atoms with Gasteiger partial charge >= 0.3 is 0 Å². The molecule has 0 fully saturated rings. The molecule has 0 amide bonds. The first kappa shape index (κ1) is 28.4. The molecule has 0 saturated carbocycles. The fraction of sp³-hybridized carbons (Fsp3) is 0.458. The predicted octanol–water partition coefficient (Wildman–Crippen LogP) is 3.86. The number of sulfone groups is 1. The monoisotopic (exact) mass is 572 g/mol. The number of likely N-dealkylation sites (N-methyl/N-ethyl adjacent to an activating group) is 1. The summed E-state index contributed by atoms with van der Waals surface area (Å²) < 4.78 is 24.7. The molecule has 0 aromatic heterocycles. The van der Waals surface area contributed by atoms with Gasteiger partial charge in [-0.3, -0.25) is 9.89 Å². The zero-order chi connectivity index (χ0) is 22.5. The van der Waals surface area contributed by atoms with Crippen LogP contribution in [-0.4, -0.2) is 58.3 Å². The Morgan fingerprint density at radius 1 is 0.969 bits per heavy atom. The fourth-order valence-corrected chi connectivity index (χ4v) is 5.04. The molecule has 8 heteroatoms. The van der Waals surface area contributed by atoms with Gasteiger partial charge in [-0.25, -0.2) is 8.42 Å². The van der Waals surface area contributed by atoms with E-state index in [4.69, 9.17) is 0 Å². The molecule has 0 aliphatic carbocycles. The van der Waals surface area contributed by atoms with Crippen LogP contribution in [0.4, 0.5) is 0 Å². The van der Waals surface area contributed by atoms with Crippen LogP contribution in [0.5, 0.6) is 0 Å². The highest BCUT2D eigenvalue weighted by Crippen LogP contribution is 2.19. The maximum Gasteiger partial charge on any atom is 0.191 e. The maximum atomic E-state index is 12.3.